The fraction of sp³-hybridized carbons (Fsp3) is 0.286. The molecular formula is C21H22N2O5. The Labute approximate surface area is 162 Å². The number of ether oxygens (including phenoxy) is 1. The van der Waals surface area contributed by atoms with Crippen molar-refractivity contribution in [2.75, 3.05) is 10.2 Å². The third kappa shape index (κ3) is 3.43. The zero-order chi connectivity index (χ0) is 20.6. The number of hydrogen-bond acceptors (Lipinski definition) is 4. The maximum atomic E-state index is 12.9. The number of benzene rings is 2. The number of fused-ring (bicyclic) bond motifs is 1. The Kier molecular flexibility index (Phi) is 5.09. The van der Waals surface area contributed by atoms with Gasteiger partial charge in [0.05, 0.1) is 11.3 Å². The van der Waals surface area contributed by atoms with Gasteiger partial charge < -0.3 is 15.2 Å². The Morgan fingerprint density at radius 2 is 1.93 bits per heavy atom. The van der Waals surface area contributed by atoms with Crippen LogP contribution in [0, 0.1) is 13.8 Å². The summed E-state index contributed by atoms with van der Waals surface area (Å²) < 4.78 is 5.56. The number of rotatable bonds is 4. The monoisotopic (exact) mass is 382 g/mol. The molecule has 0 saturated heterocycles. The van der Waals surface area contributed by atoms with Crippen LogP contribution in [0.2, 0.25) is 0 Å². The van der Waals surface area contributed by atoms with E-state index >= 15 is 0 Å². The van der Waals surface area contributed by atoms with Gasteiger partial charge >= 0.3 is 5.97 Å². The number of nitrogens with one attached hydrogen (secondary N) is 1. The molecule has 2 unspecified atom stereocenters. The van der Waals surface area contributed by atoms with Crippen molar-refractivity contribution in [1.29, 1.82) is 0 Å². The van der Waals surface area contributed by atoms with Crippen molar-refractivity contribution < 1.29 is 24.2 Å². The largest absolute Gasteiger partial charge is 0.479 e. The summed E-state index contributed by atoms with van der Waals surface area (Å²) in [6, 6.07) is 9.05. The number of nitrogens with zero attached hydrogens (tertiary/aromatic N) is 1. The number of carbonyl (C=O) groups excluding carboxylic acids is 2. The van der Waals surface area contributed by atoms with E-state index in [-0.39, 0.29) is 23.1 Å². The van der Waals surface area contributed by atoms with Gasteiger partial charge in [-0.15, -0.1) is 0 Å². The van der Waals surface area contributed by atoms with Crippen LogP contribution in [0.1, 0.15) is 35.3 Å². The third-order valence-electron chi connectivity index (χ3n) is 4.98. The number of carbonyl (C=O) groups is 3. The SMILES string of the molecule is Cc1cccc(NC(=O)C(C)N2C(=O)C(C)Oc3cc(C(=O)O)ccc32)c1C. The first-order chi connectivity index (χ1) is 13.2. The highest BCUT2D eigenvalue weighted by molar-refractivity contribution is 6.08. The number of amides is 2. The maximum Gasteiger partial charge on any atom is 0.335 e. The summed E-state index contributed by atoms with van der Waals surface area (Å²) in [5.74, 6) is -1.54. The number of carboxylic acid groups (broad SMARTS) is 1. The van der Waals surface area contributed by atoms with Crippen molar-refractivity contribution in [3.63, 3.8) is 0 Å². The predicted octanol–water partition coefficient (Wildman–Crippen LogP) is 3.14. The van der Waals surface area contributed by atoms with Crippen LogP contribution < -0.4 is 15.0 Å². The van der Waals surface area contributed by atoms with Crippen molar-refractivity contribution in [1.82, 2.24) is 0 Å². The fourth-order valence-corrected chi connectivity index (χ4v) is 3.14. The van der Waals surface area contributed by atoms with E-state index in [1.807, 2.05) is 32.0 Å². The van der Waals surface area contributed by atoms with Gasteiger partial charge in [-0.2, -0.15) is 0 Å². The molecule has 0 fully saturated rings. The number of aromatic carboxylic acids is 1. The first-order valence-corrected chi connectivity index (χ1v) is 8.95. The van der Waals surface area contributed by atoms with Gasteiger partial charge in [0.15, 0.2) is 6.10 Å². The molecular weight excluding hydrogens is 360 g/mol. The highest BCUT2D eigenvalue weighted by Gasteiger charge is 2.37. The van der Waals surface area contributed by atoms with Crippen molar-refractivity contribution in [2.24, 2.45) is 0 Å². The lowest BCUT2D eigenvalue weighted by atomic mass is 10.1. The van der Waals surface area contributed by atoms with Gasteiger partial charge in [0.1, 0.15) is 11.8 Å². The van der Waals surface area contributed by atoms with Gasteiger partial charge in [-0.25, -0.2) is 4.79 Å². The summed E-state index contributed by atoms with van der Waals surface area (Å²) in [4.78, 5) is 38.2. The maximum absolute atomic E-state index is 12.9. The Balaban J connectivity index is 1.93. The van der Waals surface area contributed by atoms with Crippen LogP contribution in [0.15, 0.2) is 36.4 Å². The standard InChI is InChI=1S/C21H22N2O5/c1-11-6-5-7-16(12(11)2)22-19(24)13(3)23-17-9-8-15(21(26)27)10-18(17)28-14(4)20(23)25/h5-10,13-14H,1-4H3,(H,22,24)(H,26,27). The quantitative estimate of drug-likeness (QED) is 0.847. The molecule has 1 heterocycles. The Morgan fingerprint density at radius 1 is 1.21 bits per heavy atom. The fourth-order valence-electron chi connectivity index (χ4n) is 3.14. The molecule has 2 atom stereocenters. The van der Waals surface area contributed by atoms with Gasteiger partial charge in [-0.3, -0.25) is 14.5 Å². The molecule has 7 nitrogen and oxygen atoms in total. The molecule has 3 rings (SSSR count). The average Bonchev–Trinajstić information content (AvgIpc) is 2.65. The van der Waals surface area contributed by atoms with Crippen LogP contribution in [0.4, 0.5) is 11.4 Å². The molecule has 146 valence electrons. The molecule has 1 aliphatic rings. The van der Waals surface area contributed by atoms with E-state index in [0.717, 1.165) is 11.1 Å². The second-order valence-electron chi connectivity index (χ2n) is 6.87. The van der Waals surface area contributed by atoms with Crippen molar-refractivity contribution in [3.8, 4) is 5.75 Å². The topological polar surface area (TPSA) is 95.9 Å². The van der Waals surface area contributed by atoms with Crippen molar-refractivity contribution >= 4 is 29.2 Å². The number of aryl methyl sites for hydroxylation is 1. The number of hydrogen-bond donors (Lipinski definition) is 2. The van der Waals surface area contributed by atoms with Gasteiger partial charge in [0.25, 0.3) is 5.91 Å². The molecule has 0 aromatic heterocycles. The molecule has 28 heavy (non-hydrogen) atoms. The first kappa shape index (κ1) is 19.4. The third-order valence-corrected chi connectivity index (χ3v) is 4.98. The van der Waals surface area contributed by atoms with Gasteiger partial charge in [0.2, 0.25) is 5.91 Å². The van der Waals surface area contributed by atoms with Crippen LogP contribution in [0.25, 0.3) is 0 Å². The van der Waals surface area contributed by atoms with Gasteiger partial charge in [-0.05, 0) is 63.1 Å². The molecule has 7 heteroatoms. The molecule has 2 amide bonds. The lowest BCUT2D eigenvalue weighted by molar-refractivity contribution is -0.128. The summed E-state index contributed by atoms with van der Waals surface area (Å²) in [7, 11) is 0. The lowest BCUT2D eigenvalue weighted by Crippen LogP contribution is -2.52. The zero-order valence-corrected chi connectivity index (χ0v) is 16.1. The predicted molar refractivity (Wildman–Crippen MR) is 105 cm³/mol. The summed E-state index contributed by atoms with van der Waals surface area (Å²) in [6.45, 7) is 7.07. The zero-order valence-electron chi connectivity index (χ0n) is 16.1. The highest BCUT2D eigenvalue weighted by Crippen LogP contribution is 2.36. The smallest absolute Gasteiger partial charge is 0.335 e. The van der Waals surface area contributed by atoms with E-state index in [1.165, 1.54) is 23.1 Å². The second kappa shape index (κ2) is 7.34. The summed E-state index contributed by atoms with van der Waals surface area (Å²) in [6.07, 6.45) is -0.826. The van der Waals surface area contributed by atoms with Gasteiger partial charge in [0, 0.05) is 5.69 Å². The number of carboxylic acids is 1. The molecule has 0 radical (unpaired) electrons. The Hall–Kier alpha value is -3.35. The minimum atomic E-state index is -1.09. The number of anilines is 2. The van der Waals surface area contributed by atoms with Crippen LogP contribution in [-0.4, -0.2) is 35.0 Å². The molecule has 0 spiro atoms. The van der Waals surface area contributed by atoms with Crippen LogP contribution >= 0.6 is 0 Å². The van der Waals surface area contributed by atoms with E-state index in [0.29, 0.717) is 11.4 Å². The van der Waals surface area contributed by atoms with Crippen LogP contribution in [0.5, 0.6) is 5.75 Å². The summed E-state index contributed by atoms with van der Waals surface area (Å²) >= 11 is 0. The van der Waals surface area contributed by atoms with E-state index in [4.69, 9.17) is 4.74 Å². The normalized spacial score (nSPS) is 16.8. The first-order valence-electron chi connectivity index (χ1n) is 8.95. The van der Waals surface area contributed by atoms with Crippen LogP contribution in [-0.2, 0) is 9.59 Å². The van der Waals surface area contributed by atoms with Crippen molar-refractivity contribution in [2.45, 2.75) is 39.8 Å². The van der Waals surface area contributed by atoms with Crippen LogP contribution in [0.3, 0.4) is 0 Å². The molecule has 2 aromatic carbocycles. The van der Waals surface area contributed by atoms with E-state index < -0.39 is 18.1 Å². The van der Waals surface area contributed by atoms with E-state index in [1.54, 1.807) is 13.8 Å². The summed E-state index contributed by atoms with van der Waals surface area (Å²) in [5.41, 5.74) is 3.11. The minimum Gasteiger partial charge on any atom is -0.479 e. The molecule has 1 aliphatic heterocycles. The van der Waals surface area contributed by atoms with Gasteiger partial charge in [-0.1, -0.05) is 12.1 Å². The Bertz CT molecular complexity index is 969. The minimum absolute atomic E-state index is 0.0488. The molecule has 0 bridgehead atoms. The second-order valence-corrected chi connectivity index (χ2v) is 6.87. The molecule has 2 aromatic rings. The van der Waals surface area contributed by atoms with E-state index in [9.17, 15) is 19.5 Å². The highest BCUT2D eigenvalue weighted by atomic mass is 16.5. The molecule has 0 aliphatic carbocycles. The Morgan fingerprint density at radius 3 is 2.61 bits per heavy atom. The molecule has 2 N–H and O–H groups in total. The van der Waals surface area contributed by atoms with Crippen molar-refractivity contribution in [3.05, 3.63) is 53.1 Å². The average molecular weight is 382 g/mol. The summed E-state index contributed by atoms with van der Waals surface area (Å²) in [5, 5.41) is 12.1. The molecule has 0 saturated carbocycles. The van der Waals surface area contributed by atoms with E-state index in [2.05, 4.69) is 5.32 Å². The lowest BCUT2D eigenvalue weighted by Gasteiger charge is -2.36.